The van der Waals surface area contributed by atoms with Crippen LogP contribution in [-0.4, -0.2) is 25.4 Å². The van der Waals surface area contributed by atoms with E-state index in [4.69, 9.17) is 15.2 Å². The SMILES string of the molecule is CCC(N)Cc1cc(C)c(OCCC(C)(C)OC)c(C)c1. The smallest absolute Gasteiger partial charge is 0.125 e. The molecule has 0 radical (unpaired) electrons. The van der Waals surface area contributed by atoms with E-state index in [9.17, 15) is 0 Å². The minimum atomic E-state index is -0.143. The molecule has 3 nitrogen and oxygen atoms in total. The van der Waals surface area contributed by atoms with Crippen molar-refractivity contribution in [3.63, 3.8) is 0 Å². The van der Waals surface area contributed by atoms with Crippen LogP contribution in [0.4, 0.5) is 0 Å². The Balaban J connectivity index is 2.72. The first-order chi connectivity index (χ1) is 9.79. The van der Waals surface area contributed by atoms with E-state index in [1.54, 1.807) is 7.11 Å². The Kier molecular flexibility index (Phi) is 6.69. The summed E-state index contributed by atoms with van der Waals surface area (Å²) in [7, 11) is 1.74. The lowest BCUT2D eigenvalue weighted by Crippen LogP contribution is -2.25. The van der Waals surface area contributed by atoms with Crippen LogP contribution in [0.2, 0.25) is 0 Å². The minimum absolute atomic E-state index is 0.143. The van der Waals surface area contributed by atoms with E-state index in [0.717, 1.165) is 25.0 Å². The molecule has 0 spiro atoms. The van der Waals surface area contributed by atoms with Gasteiger partial charge in [0, 0.05) is 19.6 Å². The van der Waals surface area contributed by atoms with Gasteiger partial charge in [0.1, 0.15) is 5.75 Å². The maximum atomic E-state index is 6.04. The number of rotatable bonds is 8. The van der Waals surface area contributed by atoms with Gasteiger partial charge in [0.05, 0.1) is 12.2 Å². The average molecular weight is 293 g/mol. The van der Waals surface area contributed by atoms with E-state index in [1.165, 1.54) is 16.7 Å². The Hall–Kier alpha value is -1.06. The van der Waals surface area contributed by atoms with Crippen LogP contribution in [0.5, 0.6) is 5.75 Å². The summed E-state index contributed by atoms with van der Waals surface area (Å²) in [5.41, 5.74) is 9.56. The first-order valence-corrected chi connectivity index (χ1v) is 7.82. The van der Waals surface area contributed by atoms with Gasteiger partial charge in [-0.05, 0) is 57.2 Å². The Bertz CT molecular complexity index is 432. The Labute approximate surface area is 129 Å². The van der Waals surface area contributed by atoms with E-state index in [1.807, 2.05) is 0 Å². The standard InChI is InChI=1S/C18H31NO2/c1-7-16(19)12-15-10-13(2)17(14(3)11-15)21-9-8-18(4,5)20-6/h10-11,16H,7-9,12,19H2,1-6H3. The molecule has 0 fully saturated rings. The highest BCUT2D eigenvalue weighted by molar-refractivity contribution is 5.43. The molecule has 0 saturated carbocycles. The van der Waals surface area contributed by atoms with Crippen molar-refractivity contribution in [1.29, 1.82) is 0 Å². The maximum absolute atomic E-state index is 6.04. The fraction of sp³-hybridized carbons (Fsp3) is 0.667. The van der Waals surface area contributed by atoms with Crippen LogP contribution in [0.25, 0.3) is 0 Å². The third-order valence-corrected chi connectivity index (χ3v) is 4.05. The zero-order valence-corrected chi connectivity index (χ0v) is 14.5. The summed E-state index contributed by atoms with van der Waals surface area (Å²) in [6.45, 7) is 11.1. The third-order valence-electron chi connectivity index (χ3n) is 4.05. The predicted octanol–water partition coefficient (Wildman–Crippen LogP) is 3.78. The molecule has 1 atom stereocenters. The lowest BCUT2D eigenvalue weighted by atomic mass is 9.99. The molecular weight excluding hydrogens is 262 g/mol. The van der Waals surface area contributed by atoms with Crippen LogP contribution < -0.4 is 10.5 Å². The molecule has 0 heterocycles. The van der Waals surface area contributed by atoms with Crippen molar-refractivity contribution in [2.24, 2.45) is 5.73 Å². The fourth-order valence-electron chi connectivity index (χ4n) is 2.33. The molecule has 2 N–H and O–H groups in total. The fourth-order valence-corrected chi connectivity index (χ4v) is 2.33. The molecule has 1 rings (SSSR count). The van der Waals surface area contributed by atoms with E-state index < -0.39 is 0 Å². The second-order valence-electron chi connectivity index (χ2n) is 6.49. The lowest BCUT2D eigenvalue weighted by molar-refractivity contribution is 0.00533. The van der Waals surface area contributed by atoms with E-state index >= 15 is 0 Å². The number of benzene rings is 1. The molecule has 120 valence electrons. The summed E-state index contributed by atoms with van der Waals surface area (Å²) in [6, 6.07) is 4.62. The second kappa shape index (κ2) is 7.81. The molecule has 1 unspecified atom stereocenters. The Morgan fingerprint density at radius 2 is 1.76 bits per heavy atom. The van der Waals surface area contributed by atoms with Crippen LogP contribution in [0.1, 0.15) is 50.3 Å². The van der Waals surface area contributed by atoms with Crippen molar-refractivity contribution in [2.75, 3.05) is 13.7 Å². The van der Waals surface area contributed by atoms with Crippen molar-refractivity contribution in [3.8, 4) is 5.75 Å². The molecule has 21 heavy (non-hydrogen) atoms. The van der Waals surface area contributed by atoms with E-state index in [2.05, 4.69) is 46.8 Å². The van der Waals surface area contributed by atoms with Gasteiger partial charge in [0.25, 0.3) is 0 Å². The first-order valence-electron chi connectivity index (χ1n) is 7.82. The number of hydrogen-bond acceptors (Lipinski definition) is 3. The molecule has 3 heteroatoms. The van der Waals surface area contributed by atoms with Gasteiger partial charge in [-0.15, -0.1) is 0 Å². The van der Waals surface area contributed by atoms with Crippen molar-refractivity contribution >= 4 is 0 Å². The van der Waals surface area contributed by atoms with Crippen LogP contribution in [0.15, 0.2) is 12.1 Å². The maximum Gasteiger partial charge on any atom is 0.125 e. The normalized spacial score (nSPS) is 13.3. The van der Waals surface area contributed by atoms with E-state index in [-0.39, 0.29) is 11.6 Å². The van der Waals surface area contributed by atoms with Crippen LogP contribution >= 0.6 is 0 Å². The molecule has 0 amide bonds. The van der Waals surface area contributed by atoms with Gasteiger partial charge in [-0.3, -0.25) is 0 Å². The van der Waals surface area contributed by atoms with Crippen molar-refractivity contribution in [3.05, 3.63) is 28.8 Å². The summed E-state index contributed by atoms with van der Waals surface area (Å²) in [5.74, 6) is 0.996. The molecule has 0 saturated heterocycles. The Morgan fingerprint density at radius 3 is 2.24 bits per heavy atom. The summed E-state index contributed by atoms with van der Waals surface area (Å²) < 4.78 is 11.4. The summed E-state index contributed by atoms with van der Waals surface area (Å²) >= 11 is 0. The van der Waals surface area contributed by atoms with Crippen molar-refractivity contribution in [2.45, 2.75) is 65.5 Å². The van der Waals surface area contributed by atoms with Gasteiger partial charge in [0.15, 0.2) is 0 Å². The molecule has 1 aromatic carbocycles. The van der Waals surface area contributed by atoms with Gasteiger partial charge in [-0.1, -0.05) is 19.1 Å². The van der Waals surface area contributed by atoms with Crippen LogP contribution in [-0.2, 0) is 11.2 Å². The van der Waals surface area contributed by atoms with Gasteiger partial charge in [-0.2, -0.15) is 0 Å². The topological polar surface area (TPSA) is 44.5 Å². The zero-order valence-electron chi connectivity index (χ0n) is 14.5. The highest BCUT2D eigenvalue weighted by Gasteiger charge is 2.17. The Morgan fingerprint density at radius 1 is 1.19 bits per heavy atom. The number of hydrogen-bond donors (Lipinski definition) is 1. The van der Waals surface area contributed by atoms with E-state index in [0.29, 0.717) is 6.61 Å². The second-order valence-corrected chi connectivity index (χ2v) is 6.49. The summed E-state index contributed by atoms with van der Waals surface area (Å²) in [4.78, 5) is 0. The first kappa shape index (κ1) is 18.0. The number of aryl methyl sites for hydroxylation is 2. The van der Waals surface area contributed by atoms with Crippen LogP contribution in [0, 0.1) is 13.8 Å². The molecular formula is C18H31NO2. The van der Waals surface area contributed by atoms with Crippen LogP contribution in [0.3, 0.4) is 0 Å². The highest BCUT2D eigenvalue weighted by Crippen LogP contribution is 2.26. The zero-order chi connectivity index (χ0) is 16.0. The number of ether oxygens (including phenoxy) is 2. The quantitative estimate of drug-likeness (QED) is 0.793. The predicted molar refractivity (Wildman–Crippen MR) is 89.1 cm³/mol. The van der Waals surface area contributed by atoms with Gasteiger partial charge >= 0.3 is 0 Å². The van der Waals surface area contributed by atoms with Gasteiger partial charge < -0.3 is 15.2 Å². The van der Waals surface area contributed by atoms with Crippen molar-refractivity contribution in [1.82, 2.24) is 0 Å². The summed E-state index contributed by atoms with van der Waals surface area (Å²) in [6.07, 6.45) is 2.79. The van der Waals surface area contributed by atoms with Crippen molar-refractivity contribution < 1.29 is 9.47 Å². The third kappa shape index (κ3) is 5.68. The molecule has 0 bridgehead atoms. The highest BCUT2D eigenvalue weighted by atomic mass is 16.5. The molecule has 0 aromatic heterocycles. The monoisotopic (exact) mass is 293 g/mol. The minimum Gasteiger partial charge on any atom is -0.493 e. The largest absolute Gasteiger partial charge is 0.493 e. The molecule has 0 aliphatic heterocycles. The average Bonchev–Trinajstić information content (AvgIpc) is 2.41. The molecule has 0 aliphatic carbocycles. The number of methoxy groups -OCH3 is 1. The molecule has 1 aromatic rings. The lowest BCUT2D eigenvalue weighted by Gasteiger charge is -2.23. The number of nitrogens with two attached hydrogens (primary N) is 1. The molecule has 0 aliphatic rings. The summed E-state index contributed by atoms with van der Waals surface area (Å²) in [5, 5.41) is 0. The van der Waals surface area contributed by atoms with Gasteiger partial charge in [-0.25, -0.2) is 0 Å². The van der Waals surface area contributed by atoms with Gasteiger partial charge in [0.2, 0.25) is 0 Å².